The summed E-state index contributed by atoms with van der Waals surface area (Å²) >= 11 is 5.65. The van der Waals surface area contributed by atoms with Gasteiger partial charge < -0.3 is 4.74 Å². The van der Waals surface area contributed by atoms with Crippen LogP contribution in [0.25, 0.3) is 0 Å². The minimum atomic E-state index is -1.42. The number of carbonyl (C=O) groups excluding carboxylic acids is 1. The summed E-state index contributed by atoms with van der Waals surface area (Å²) in [6.07, 6.45) is -0.0747. The minimum absolute atomic E-state index is 0.0309. The van der Waals surface area contributed by atoms with Crippen LogP contribution in [-0.4, -0.2) is 12.6 Å². The fourth-order valence-corrected chi connectivity index (χ4v) is 1.71. The molecule has 0 radical (unpaired) electrons. The first-order valence-electron chi connectivity index (χ1n) is 5.46. The maximum Gasteiger partial charge on any atom is 0.326 e. The van der Waals surface area contributed by atoms with Crippen molar-refractivity contribution in [2.45, 2.75) is 20.3 Å². The lowest BCUT2D eigenvalue weighted by Gasteiger charge is -2.19. The van der Waals surface area contributed by atoms with Crippen LogP contribution in [0, 0.1) is 22.6 Å². The van der Waals surface area contributed by atoms with Gasteiger partial charge in [0.1, 0.15) is 5.82 Å². The molecule has 0 bridgehead atoms. The summed E-state index contributed by atoms with van der Waals surface area (Å²) < 4.78 is 18.5. The number of hydrogen-bond donors (Lipinski definition) is 0. The quantitative estimate of drug-likeness (QED) is 0.789. The van der Waals surface area contributed by atoms with Gasteiger partial charge >= 0.3 is 5.97 Å². The molecule has 0 aliphatic rings. The Morgan fingerprint density at radius 3 is 2.83 bits per heavy atom. The third-order valence-electron chi connectivity index (χ3n) is 2.55. The van der Waals surface area contributed by atoms with Crippen LogP contribution in [0.4, 0.5) is 4.39 Å². The number of hydrogen-bond acceptors (Lipinski definition) is 3. The van der Waals surface area contributed by atoms with E-state index >= 15 is 0 Å². The molecule has 0 saturated carbocycles. The average molecular weight is 270 g/mol. The first kappa shape index (κ1) is 14.5. The third kappa shape index (κ3) is 2.99. The molecule has 1 rings (SSSR count). The highest BCUT2D eigenvalue weighted by atomic mass is 35.5. The Morgan fingerprint density at radius 1 is 1.61 bits per heavy atom. The van der Waals surface area contributed by atoms with Gasteiger partial charge in [0, 0.05) is 6.42 Å². The maximum absolute atomic E-state index is 13.7. The van der Waals surface area contributed by atoms with Gasteiger partial charge in [-0.15, -0.1) is 0 Å². The second-order valence-corrected chi connectivity index (χ2v) is 4.46. The van der Waals surface area contributed by atoms with Crippen LogP contribution in [0.15, 0.2) is 18.2 Å². The van der Waals surface area contributed by atoms with Crippen LogP contribution in [0.5, 0.6) is 0 Å². The molecule has 1 unspecified atom stereocenters. The van der Waals surface area contributed by atoms with Crippen LogP contribution in [0.3, 0.4) is 0 Å². The zero-order valence-electron chi connectivity index (χ0n) is 10.2. The van der Waals surface area contributed by atoms with E-state index in [0.29, 0.717) is 0 Å². The zero-order chi connectivity index (χ0) is 13.8. The number of halogens is 2. The van der Waals surface area contributed by atoms with Gasteiger partial charge in [-0.1, -0.05) is 23.7 Å². The van der Waals surface area contributed by atoms with E-state index < -0.39 is 17.2 Å². The molecule has 0 amide bonds. The molecule has 0 aromatic heterocycles. The fourth-order valence-electron chi connectivity index (χ4n) is 1.51. The molecule has 96 valence electrons. The molecule has 5 heteroatoms. The molecule has 3 nitrogen and oxygen atoms in total. The Labute approximate surface area is 110 Å². The molecule has 1 aromatic carbocycles. The third-order valence-corrected chi connectivity index (χ3v) is 2.84. The molecule has 0 spiro atoms. The SMILES string of the molecule is CCOC(=O)C(C)(C#N)Cc1cccc(Cl)c1F. The topological polar surface area (TPSA) is 50.1 Å². The number of esters is 1. The monoisotopic (exact) mass is 269 g/mol. The Kier molecular flexibility index (Phi) is 4.69. The first-order chi connectivity index (χ1) is 8.44. The Morgan fingerprint density at radius 2 is 2.28 bits per heavy atom. The number of carbonyl (C=O) groups is 1. The number of nitriles is 1. The van der Waals surface area contributed by atoms with Crippen molar-refractivity contribution in [3.05, 3.63) is 34.6 Å². The van der Waals surface area contributed by atoms with E-state index in [4.69, 9.17) is 21.6 Å². The molecule has 0 N–H and O–H groups in total. The minimum Gasteiger partial charge on any atom is -0.465 e. The highest BCUT2D eigenvalue weighted by Gasteiger charge is 2.36. The summed E-state index contributed by atoms with van der Waals surface area (Å²) in [6, 6.07) is 6.35. The fraction of sp³-hybridized carbons (Fsp3) is 0.385. The molecule has 0 heterocycles. The Bertz CT molecular complexity index is 498. The summed E-state index contributed by atoms with van der Waals surface area (Å²) in [4.78, 5) is 11.7. The molecule has 1 aromatic rings. The van der Waals surface area contributed by atoms with Crippen molar-refractivity contribution in [3.8, 4) is 6.07 Å². The van der Waals surface area contributed by atoms with Crippen LogP contribution in [-0.2, 0) is 16.0 Å². The maximum atomic E-state index is 13.7. The predicted octanol–water partition coefficient (Wildman–Crippen LogP) is 3.11. The summed E-state index contributed by atoms with van der Waals surface area (Å²) in [5.41, 5.74) is -1.19. The Hall–Kier alpha value is -1.60. The summed E-state index contributed by atoms with van der Waals surface area (Å²) in [5.74, 6) is -1.27. The van der Waals surface area contributed by atoms with E-state index in [2.05, 4.69) is 0 Å². The lowest BCUT2D eigenvalue weighted by Crippen LogP contribution is -2.31. The zero-order valence-corrected chi connectivity index (χ0v) is 10.9. The molecule has 1 atom stereocenters. The van der Waals surface area contributed by atoms with Crippen LogP contribution >= 0.6 is 11.6 Å². The van der Waals surface area contributed by atoms with Gasteiger partial charge in [-0.25, -0.2) is 4.39 Å². The highest BCUT2D eigenvalue weighted by molar-refractivity contribution is 6.30. The predicted molar refractivity (Wildman–Crippen MR) is 65.5 cm³/mol. The number of benzene rings is 1. The second kappa shape index (κ2) is 5.83. The molecule has 0 fully saturated rings. The number of rotatable bonds is 4. The molecule has 0 aliphatic heterocycles. The van der Waals surface area contributed by atoms with Crippen molar-refractivity contribution in [1.29, 1.82) is 5.26 Å². The standard InChI is InChI=1S/C13H13ClFNO2/c1-3-18-12(17)13(2,8-16)7-9-5-4-6-10(14)11(9)15/h4-6H,3,7H2,1-2H3. The van der Waals surface area contributed by atoms with Gasteiger partial charge in [-0.05, 0) is 25.5 Å². The largest absolute Gasteiger partial charge is 0.465 e. The normalized spacial score (nSPS) is 13.5. The van der Waals surface area contributed by atoms with E-state index in [0.717, 1.165) is 0 Å². The van der Waals surface area contributed by atoms with Crippen LogP contribution < -0.4 is 0 Å². The van der Waals surface area contributed by atoms with Gasteiger partial charge in [-0.2, -0.15) is 5.26 Å². The lowest BCUT2D eigenvalue weighted by molar-refractivity contribution is -0.151. The van der Waals surface area contributed by atoms with Crippen molar-refractivity contribution in [2.75, 3.05) is 6.61 Å². The van der Waals surface area contributed by atoms with Crippen LogP contribution in [0.2, 0.25) is 5.02 Å². The molecular weight excluding hydrogens is 257 g/mol. The Balaban J connectivity index is 3.03. The number of ether oxygens (including phenoxy) is 1. The van der Waals surface area contributed by atoms with E-state index in [-0.39, 0.29) is 23.6 Å². The van der Waals surface area contributed by atoms with Crippen molar-refractivity contribution < 1.29 is 13.9 Å². The average Bonchev–Trinajstić information content (AvgIpc) is 2.35. The van der Waals surface area contributed by atoms with Crippen molar-refractivity contribution in [3.63, 3.8) is 0 Å². The molecule has 18 heavy (non-hydrogen) atoms. The van der Waals surface area contributed by atoms with Crippen LogP contribution in [0.1, 0.15) is 19.4 Å². The summed E-state index contributed by atoms with van der Waals surface area (Å²) in [5, 5.41) is 9.07. The van der Waals surface area contributed by atoms with E-state index in [1.54, 1.807) is 13.0 Å². The second-order valence-electron chi connectivity index (χ2n) is 4.05. The highest BCUT2D eigenvalue weighted by Crippen LogP contribution is 2.27. The summed E-state index contributed by atoms with van der Waals surface area (Å²) in [6.45, 7) is 3.25. The molecular formula is C13H13ClFNO2. The van der Waals surface area contributed by atoms with Crippen molar-refractivity contribution in [2.24, 2.45) is 5.41 Å². The smallest absolute Gasteiger partial charge is 0.326 e. The number of nitrogens with zero attached hydrogens (tertiary/aromatic N) is 1. The van der Waals surface area contributed by atoms with Crippen molar-refractivity contribution in [1.82, 2.24) is 0 Å². The van der Waals surface area contributed by atoms with Gasteiger partial charge in [0.15, 0.2) is 5.41 Å². The lowest BCUT2D eigenvalue weighted by atomic mass is 9.85. The van der Waals surface area contributed by atoms with Gasteiger partial charge in [0.2, 0.25) is 0 Å². The van der Waals surface area contributed by atoms with E-state index in [9.17, 15) is 9.18 Å². The van der Waals surface area contributed by atoms with Gasteiger partial charge in [-0.3, -0.25) is 4.79 Å². The summed E-state index contributed by atoms with van der Waals surface area (Å²) in [7, 11) is 0. The molecule has 0 aliphatic carbocycles. The molecule has 0 saturated heterocycles. The first-order valence-corrected chi connectivity index (χ1v) is 5.83. The van der Waals surface area contributed by atoms with Gasteiger partial charge in [0.05, 0.1) is 17.7 Å². The van der Waals surface area contributed by atoms with E-state index in [1.165, 1.54) is 19.1 Å². The van der Waals surface area contributed by atoms with E-state index in [1.807, 2.05) is 6.07 Å². The van der Waals surface area contributed by atoms with Crippen molar-refractivity contribution >= 4 is 17.6 Å². The van der Waals surface area contributed by atoms with Gasteiger partial charge in [0.25, 0.3) is 0 Å².